The zero-order valence-corrected chi connectivity index (χ0v) is 19.6. The highest BCUT2D eigenvalue weighted by Gasteiger charge is 2.23. The van der Waals surface area contributed by atoms with Crippen molar-refractivity contribution < 1.29 is 9.53 Å². The highest BCUT2D eigenvalue weighted by atomic mass is 32.2. The summed E-state index contributed by atoms with van der Waals surface area (Å²) in [5, 5.41) is 0.746. The van der Waals surface area contributed by atoms with Gasteiger partial charge >= 0.3 is 0 Å². The van der Waals surface area contributed by atoms with E-state index >= 15 is 0 Å². The molecule has 9 heteroatoms. The molecule has 0 N–H and O–H groups in total. The Labute approximate surface area is 192 Å². The van der Waals surface area contributed by atoms with Crippen molar-refractivity contribution in [2.75, 3.05) is 50.5 Å². The molecule has 0 spiro atoms. The Morgan fingerprint density at radius 3 is 2.84 bits per heavy atom. The predicted molar refractivity (Wildman–Crippen MR) is 130 cm³/mol. The summed E-state index contributed by atoms with van der Waals surface area (Å²) in [5.41, 5.74) is 4.33. The van der Waals surface area contributed by atoms with Crippen LogP contribution in [0.2, 0.25) is 0 Å². The second kappa shape index (κ2) is 9.22. The Kier molecular flexibility index (Phi) is 6.20. The highest BCUT2D eigenvalue weighted by molar-refractivity contribution is 7.98. The first-order valence-electron chi connectivity index (χ1n) is 10.1. The summed E-state index contributed by atoms with van der Waals surface area (Å²) >= 11 is 4.84. The number of nitrogens with zero attached hydrogens (tertiary/aromatic N) is 4. The molecule has 2 aromatic carbocycles. The first kappa shape index (κ1) is 20.8. The van der Waals surface area contributed by atoms with Gasteiger partial charge < -0.3 is 4.74 Å². The number of ether oxygens (including phenoxy) is 1. The molecule has 0 atom stereocenters. The average molecular weight is 471 g/mol. The number of thiazole rings is 2. The molecule has 0 unspecified atom stereocenters. The van der Waals surface area contributed by atoms with Gasteiger partial charge in [-0.05, 0) is 42.7 Å². The van der Waals surface area contributed by atoms with Crippen molar-refractivity contribution in [3.05, 3.63) is 47.5 Å². The van der Waals surface area contributed by atoms with Gasteiger partial charge in [-0.3, -0.25) is 14.6 Å². The van der Waals surface area contributed by atoms with E-state index in [1.54, 1.807) is 34.4 Å². The largest absolute Gasteiger partial charge is 0.379 e. The smallest absolute Gasteiger partial charge is 0.260 e. The molecule has 1 fully saturated rings. The van der Waals surface area contributed by atoms with E-state index in [0.29, 0.717) is 12.1 Å². The maximum absolute atomic E-state index is 13.6. The molecule has 31 heavy (non-hydrogen) atoms. The van der Waals surface area contributed by atoms with E-state index in [0.717, 1.165) is 58.4 Å². The Balaban J connectivity index is 1.47. The van der Waals surface area contributed by atoms with Gasteiger partial charge in [-0.15, -0.1) is 23.1 Å². The van der Waals surface area contributed by atoms with Crippen molar-refractivity contribution in [3.8, 4) is 0 Å². The van der Waals surface area contributed by atoms with Gasteiger partial charge in [0.2, 0.25) is 0 Å². The summed E-state index contributed by atoms with van der Waals surface area (Å²) < 4.78 is 7.59. The number of carbonyl (C=O) groups is 1. The topological polar surface area (TPSA) is 58.6 Å². The lowest BCUT2D eigenvalue weighted by atomic mass is 10.2. The van der Waals surface area contributed by atoms with E-state index in [9.17, 15) is 4.79 Å². The molecular formula is C22H22N4O2S3. The van der Waals surface area contributed by atoms with Gasteiger partial charge in [0.1, 0.15) is 0 Å². The fraction of sp³-hybridized carbons (Fsp3) is 0.318. The SMILES string of the molecule is CSc1ccc2nc(N(CCN3CCOCC3)C(=O)c3ccc4ncsc4c3)sc2c1. The molecule has 160 valence electrons. The minimum absolute atomic E-state index is 0.0206. The van der Waals surface area contributed by atoms with Gasteiger partial charge in [0.05, 0.1) is 39.2 Å². The Morgan fingerprint density at radius 2 is 2.00 bits per heavy atom. The number of fused-ring (bicyclic) bond motifs is 2. The Hall–Kier alpha value is -2.04. The third-order valence-electron chi connectivity index (χ3n) is 5.38. The molecule has 0 saturated carbocycles. The Bertz CT molecular complexity index is 1220. The lowest BCUT2D eigenvalue weighted by molar-refractivity contribution is 0.0391. The predicted octanol–water partition coefficient (Wildman–Crippen LogP) is 4.61. The van der Waals surface area contributed by atoms with Gasteiger partial charge in [0.25, 0.3) is 5.91 Å². The number of anilines is 1. The fourth-order valence-corrected chi connectivity index (χ4v) is 5.89. The summed E-state index contributed by atoms with van der Waals surface area (Å²) in [6.07, 6.45) is 2.07. The van der Waals surface area contributed by atoms with Crippen LogP contribution < -0.4 is 4.90 Å². The second-order valence-corrected chi connectivity index (χ2v) is 10.1. The molecule has 0 aliphatic carbocycles. The molecule has 1 aliphatic heterocycles. The minimum Gasteiger partial charge on any atom is -0.379 e. The molecule has 4 aromatic rings. The number of aromatic nitrogens is 2. The van der Waals surface area contributed by atoms with Gasteiger partial charge in [-0.2, -0.15) is 0 Å². The van der Waals surface area contributed by atoms with Gasteiger partial charge in [0.15, 0.2) is 5.13 Å². The standard InChI is InChI=1S/C22H22N4O2S3/c1-29-16-3-5-18-20(13-16)31-22(24-18)26(7-6-25-8-10-28-11-9-25)21(27)15-2-4-17-19(12-15)30-14-23-17/h2-5,12-14H,6-11H2,1H3. The molecule has 0 bridgehead atoms. The Morgan fingerprint density at radius 1 is 1.16 bits per heavy atom. The second-order valence-electron chi connectivity index (χ2n) is 7.28. The molecule has 0 radical (unpaired) electrons. The van der Waals surface area contributed by atoms with E-state index in [1.165, 1.54) is 4.90 Å². The van der Waals surface area contributed by atoms with Crippen molar-refractivity contribution in [2.45, 2.75) is 4.90 Å². The molecule has 3 heterocycles. The van der Waals surface area contributed by atoms with Crippen LogP contribution in [0, 0.1) is 0 Å². The molecular weight excluding hydrogens is 448 g/mol. The van der Waals surface area contributed by atoms with E-state index in [2.05, 4.69) is 28.3 Å². The summed E-state index contributed by atoms with van der Waals surface area (Å²) in [4.78, 5) is 28.1. The van der Waals surface area contributed by atoms with Crippen LogP contribution in [0.3, 0.4) is 0 Å². The number of carbonyl (C=O) groups excluding carboxylic acids is 1. The molecule has 5 rings (SSSR count). The third-order valence-corrected chi connectivity index (χ3v) is 7.94. The average Bonchev–Trinajstić information content (AvgIpc) is 3.45. The van der Waals surface area contributed by atoms with Crippen LogP contribution in [0.1, 0.15) is 10.4 Å². The van der Waals surface area contributed by atoms with Crippen molar-refractivity contribution in [1.29, 1.82) is 0 Å². The number of benzene rings is 2. The maximum Gasteiger partial charge on any atom is 0.260 e. The number of amides is 1. The van der Waals surface area contributed by atoms with Crippen LogP contribution in [-0.4, -0.2) is 66.4 Å². The van der Waals surface area contributed by atoms with Crippen molar-refractivity contribution in [2.24, 2.45) is 0 Å². The first-order chi connectivity index (χ1) is 15.2. The maximum atomic E-state index is 13.6. The quantitative estimate of drug-likeness (QED) is 0.384. The van der Waals surface area contributed by atoms with Crippen LogP contribution in [0.25, 0.3) is 20.4 Å². The molecule has 1 amide bonds. The van der Waals surface area contributed by atoms with Gasteiger partial charge in [-0.25, -0.2) is 9.97 Å². The van der Waals surface area contributed by atoms with Crippen molar-refractivity contribution >= 4 is 65.9 Å². The zero-order chi connectivity index (χ0) is 21.2. The van der Waals surface area contributed by atoms with Gasteiger partial charge in [0, 0.05) is 36.6 Å². The molecule has 6 nitrogen and oxygen atoms in total. The lowest BCUT2D eigenvalue weighted by Gasteiger charge is -2.29. The summed E-state index contributed by atoms with van der Waals surface area (Å²) in [6, 6.07) is 12.0. The first-order valence-corrected chi connectivity index (χ1v) is 13.0. The normalized spacial score (nSPS) is 15.0. The zero-order valence-electron chi connectivity index (χ0n) is 17.1. The fourth-order valence-electron chi connectivity index (χ4n) is 3.63. The number of hydrogen-bond acceptors (Lipinski definition) is 8. The number of hydrogen-bond donors (Lipinski definition) is 0. The third kappa shape index (κ3) is 4.47. The molecule has 1 saturated heterocycles. The van der Waals surface area contributed by atoms with Crippen molar-refractivity contribution in [3.63, 3.8) is 0 Å². The van der Waals surface area contributed by atoms with E-state index < -0.39 is 0 Å². The van der Waals surface area contributed by atoms with E-state index in [1.807, 2.05) is 34.7 Å². The summed E-state index contributed by atoms with van der Waals surface area (Å²) in [7, 11) is 0. The number of thioether (sulfide) groups is 1. The van der Waals surface area contributed by atoms with Crippen LogP contribution in [0.15, 0.2) is 46.8 Å². The lowest BCUT2D eigenvalue weighted by Crippen LogP contribution is -2.43. The van der Waals surface area contributed by atoms with Crippen LogP contribution in [0.4, 0.5) is 5.13 Å². The molecule has 2 aromatic heterocycles. The molecule has 1 aliphatic rings. The number of morpholine rings is 1. The monoisotopic (exact) mass is 470 g/mol. The highest BCUT2D eigenvalue weighted by Crippen LogP contribution is 2.32. The summed E-state index contributed by atoms with van der Waals surface area (Å²) in [5.74, 6) is -0.0206. The van der Waals surface area contributed by atoms with E-state index in [-0.39, 0.29) is 5.91 Å². The number of rotatable bonds is 6. The van der Waals surface area contributed by atoms with Crippen LogP contribution in [-0.2, 0) is 4.74 Å². The van der Waals surface area contributed by atoms with Crippen LogP contribution in [0.5, 0.6) is 0 Å². The van der Waals surface area contributed by atoms with Crippen LogP contribution >= 0.6 is 34.4 Å². The van der Waals surface area contributed by atoms with E-state index in [4.69, 9.17) is 9.72 Å². The van der Waals surface area contributed by atoms with Gasteiger partial charge in [-0.1, -0.05) is 11.3 Å². The minimum atomic E-state index is -0.0206. The summed E-state index contributed by atoms with van der Waals surface area (Å²) in [6.45, 7) is 4.67. The van der Waals surface area contributed by atoms with Crippen molar-refractivity contribution in [1.82, 2.24) is 14.9 Å².